The molecule has 0 spiro atoms. The highest BCUT2D eigenvalue weighted by molar-refractivity contribution is 7.99. The Balaban J connectivity index is 1.97. The van der Waals surface area contributed by atoms with Gasteiger partial charge in [-0.25, -0.2) is 4.57 Å². The fraction of sp³-hybridized carbons (Fsp3) is 0.333. The zero-order chi connectivity index (χ0) is 19.4. The Labute approximate surface area is 163 Å². The summed E-state index contributed by atoms with van der Waals surface area (Å²) in [5.41, 5.74) is 7.33. The molecule has 142 valence electrons. The van der Waals surface area contributed by atoms with E-state index in [-0.39, 0.29) is 6.61 Å². The zero-order valence-electron chi connectivity index (χ0n) is 14.7. The number of benzene rings is 2. The van der Waals surface area contributed by atoms with Crippen molar-refractivity contribution < 1.29 is 18.9 Å². The van der Waals surface area contributed by atoms with Gasteiger partial charge in [0.15, 0.2) is 0 Å². The van der Waals surface area contributed by atoms with Crippen LogP contribution in [0.1, 0.15) is 24.5 Å². The van der Waals surface area contributed by atoms with Crippen molar-refractivity contribution in [3.8, 4) is 0 Å². The Kier molecular flexibility index (Phi) is 7.34. The lowest BCUT2D eigenvalue weighted by Crippen LogP contribution is -2.41. The maximum absolute atomic E-state index is 10.8. The van der Waals surface area contributed by atoms with E-state index in [0.29, 0.717) is 17.9 Å². The average molecular weight is 416 g/mol. The van der Waals surface area contributed by atoms with E-state index >= 15 is 0 Å². The molecule has 0 heterocycles. The normalized spacial score (nSPS) is 14.2. The van der Waals surface area contributed by atoms with Gasteiger partial charge in [-0.15, -0.1) is 0 Å². The van der Waals surface area contributed by atoms with Crippen molar-refractivity contribution >= 4 is 31.2 Å². The fourth-order valence-corrected chi connectivity index (χ4v) is 4.11. The largest absolute Gasteiger partial charge is 0.469 e. The molecule has 0 amide bonds. The van der Waals surface area contributed by atoms with Gasteiger partial charge in [0.1, 0.15) is 0 Å². The summed E-state index contributed by atoms with van der Waals surface area (Å²) in [5, 5.41) is 0.648. The number of phosphoric acid groups is 1. The summed E-state index contributed by atoms with van der Waals surface area (Å²) in [7, 11) is -4.52. The van der Waals surface area contributed by atoms with Crippen molar-refractivity contribution in [2.24, 2.45) is 5.73 Å². The molecule has 0 saturated carbocycles. The molecule has 0 aliphatic heterocycles. The van der Waals surface area contributed by atoms with Gasteiger partial charge in [0.25, 0.3) is 0 Å². The van der Waals surface area contributed by atoms with Crippen molar-refractivity contribution in [3.63, 3.8) is 0 Å². The predicted octanol–water partition coefficient (Wildman–Crippen LogP) is 4.56. The Bertz CT molecular complexity index is 810. The summed E-state index contributed by atoms with van der Waals surface area (Å²) in [4.78, 5) is 19.8. The Morgan fingerprint density at radius 1 is 1.23 bits per heavy atom. The van der Waals surface area contributed by atoms with E-state index in [9.17, 15) is 4.57 Å². The standard InChI is InChI=1S/C18H23ClNO4PS/c1-13-4-3-5-15(10-13)26-16-7-6-14(17(19)11-16)8-9-18(2,20)12-24-25(21,22)23/h3-7,10-11H,8-9,12,20H2,1-2H3,(H2,21,22,23)/t18-/m1/s1. The maximum Gasteiger partial charge on any atom is 0.469 e. The van der Waals surface area contributed by atoms with E-state index in [0.717, 1.165) is 15.4 Å². The lowest BCUT2D eigenvalue weighted by atomic mass is 9.95. The molecule has 0 radical (unpaired) electrons. The zero-order valence-corrected chi connectivity index (χ0v) is 17.2. The topological polar surface area (TPSA) is 92.8 Å². The molecule has 8 heteroatoms. The van der Waals surface area contributed by atoms with Gasteiger partial charge in [-0.1, -0.05) is 47.1 Å². The molecule has 0 fully saturated rings. The van der Waals surface area contributed by atoms with Gasteiger partial charge in [0, 0.05) is 20.4 Å². The Morgan fingerprint density at radius 3 is 2.54 bits per heavy atom. The highest BCUT2D eigenvalue weighted by atomic mass is 35.5. The molecular formula is C18H23ClNO4PS. The highest BCUT2D eigenvalue weighted by Gasteiger charge is 2.24. The summed E-state index contributed by atoms with van der Waals surface area (Å²) < 4.78 is 15.3. The monoisotopic (exact) mass is 415 g/mol. The van der Waals surface area contributed by atoms with Crippen LogP contribution in [0.4, 0.5) is 0 Å². The van der Waals surface area contributed by atoms with Crippen LogP contribution in [0.3, 0.4) is 0 Å². The number of hydrogen-bond acceptors (Lipinski definition) is 4. The third kappa shape index (κ3) is 7.41. The summed E-state index contributed by atoms with van der Waals surface area (Å²) in [6, 6.07) is 14.1. The molecule has 2 aromatic rings. The third-order valence-corrected chi connectivity index (χ3v) is 5.57. The fourth-order valence-electron chi connectivity index (χ4n) is 2.33. The van der Waals surface area contributed by atoms with Gasteiger partial charge in [0.05, 0.1) is 6.61 Å². The van der Waals surface area contributed by atoms with E-state index in [1.807, 2.05) is 24.3 Å². The molecule has 0 aliphatic rings. The van der Waals surface area contributed by atoms with Crippen molar-refractivity contribution in [2.75, 3.05) is 6.61 Å². The van der Waals surface area contributed by atoms with Crippen molar-refractivity contribution in [1.29, 1.82) is 0 Å². The van der Waals surface area contributed by atoms with Crippen LogP contribution >= 0.6 is 31.2 Å². The van der Waals surface area contributed by atoms with Gasteiger partial charge < -0.3 is 15.5 Å². The Morgan fingerprint density at radius 2 is 1.92 bits per heavy atom. The second-order valence-corrected chi connectivity index (χ2v) is 9.38. The summed E-state index contributed by atoms with van der Waals surface area (Å²) in [6.07, 6.45) is 1.07. The number of rotatable bonds is 8. The minimum atomic E-state index is -4.52. The first-order valence-electron chi connectivity index (χ1n) is 8.06. The first-order chi connectivity index (χ1) is 12.0. The first-order valence-corrected chi connectivity index (χ1v) is 10.8. The van der Waals surface area contributed by atoms with Crippen LogP contribution in [0, 0.1) is 6.92 Å². The quantitative estimate of drug-likeness (QED) is 0.547. The SMILES string of the molecule is Cc1cccc(Sc2ccc(CC[C@@](C)(N)COP(=O)(O)O)c(Cl)c2)c1. The van der Waals surface area contributed by atoms with E-state index in [4.69, 9.17) is 27.1 Å². The molecule has 0 aromatic heterocycles. The van der Waals surface area contributed by atoms with E-state index in [2.05, 4.69) is 29.6 Å². The van der Waals surface area contributed by atoms with Crippen LogP contribution in [-0.4, -0.2) is 21.9 Å². The molecule has 4 N–H and O–H groups in total. The Hall–Kier alpha value is -0.850. The number of phosphoric ester groups is 1. The molecule has 26 heavy (non-hydrogen) atoms. The molecule has 1 atom stereocenters. The summed E-state index contributed by atoms with van der Waals surface area (Å²) >= 11 is 8.04. The van der Waals surface area contributed by atoms with Crippen LogP contribution < -0.4 is 5.73 Å². The second-order valence-electron chi connectivity index (χ2n) is 6.59. The van der Waals surface area contributed by atoms with Gasteiger partial charge in [0.2, 0.25) is 0 Å². The molecule has 0 saturated heterocycles. The molecular weight excluding hydrogens is 393 g/mol. The van der Waals surface area contributed by atoms with Crippen LogP contribution in [0.5, 0.6) is 0 Å². The van der Waals surface area contributed by atoms with Crippen molar-refractivity contribution in [1.82, 2.24) is 0 Å². The molecule has 0 unspecified atom stereocenters. The lowest BCUT2D eigenvalue weighted by Gasteiger charge is -2.24. The number of hydrogen-bond donors (Lipinski definition) is 3. The summed E-state index contributed by atoms with van der Waals surface area (Å²) in [6.45, 7) is 3.52. The number of halogens is 1. The van der Waals surface area contributed by atoms with Crippen LogP contribution in [0.15, 0.2) is 52.3 Å². The molecule has 0 bridgehead atoms. The van der Waals surface area contributed by atoms with Gasteiger partial charge in [-0.2, -0.15) is 0 Å². The molecule has 2 rings (SSSR count). The number of aryl methyl sites for hydroxylation is 2. The van der Waals surface area contributed by atoms with Crippen LogP contribution in [-0.2, 0) is 15.5 Å². The van der Waals surface area contributed by atoms with Crippen molar-refractivity contribution in [2.45, 2.75) is 42.0 Å². The minimum Gasteiger partial charge on any atom is -0.323 e. The molecule has 2 aromatic carbocycles. The van der Waals surface area contributed by atoms with Crippen LogP contribution in [0.2, 0.25) is 5.02 Å². The molecule has 0 aliphatic carbocycles. The van der Waals surface area contributed by atoms with E-state index in [1.54, 1.807) is 18.7 Å². The second kappa shape index (κ2) is 8.89. The lowest BCUT2D eigenvalue weighted by molar-refractivity contribution is 0.154. The summed E-state index contributed by atoms with van der Waals surface area (Å²) in [5.74, 6) is 0. The highest BCUT2D eigenvalue weighted by Crippen LogP contribution is 2.37. The van der Waals surface area contributed by atoms with Crippen LogP contribution in [0.25, 0.3) is 0 Å². The minimum absolute atomic E-state index is 0.226. The average Bonchev–Trinajstić information content (AvgIpc) is 2.52. The van der Waals surface area contributed by atoms with E-state index < -0.39 is 13.4 Å². The van der Waals surface area contributed by atoms with Gasteiger partial charge in [-0.05, 0) is 56.5 Å². The van der Waals surface area contributed by atoms with Gasteiger partial charge >= 0.3 is 7.82 Å². The first kappa shape index (κ1) is 21.5. The van der Waals surface area contributed by atoms with Gasteiger partial charge in [-0.3, -0.25) is 4.52 Å². The smallest absolute Gasteiger partial charge is 0.323 e. The third-order valence-electron chi connectivity index (χ3n) is 3.78. The molecule has 5 nitrogen and oxygen atoms in total. The van der Waals surface area contributed by atoms with E-state index in [1.165, 1.54) is 5.56 Å². The predicted molar refractivity (Wildman–Crippen MR) is 106 cm³/mol. The number of nitrogens with two attached hydrogens (primary N) is 1. The maximum atomic E-state index is 10.8. The van der Waals surface area contributed by atoms with Crippen molar-refractivity contribution in [3.05, 3.63) is 58.6 Å².